The van der Waals surface area contributed by atoms with Crippen molar-refractivity contribution in [2.24, 2.45) is 0 Å². The number of quaternary nitrogens is 1. The van der Waals surface area contributed by atoms with E-state index in [-0.39, 0.29) is 18.1 Å². The molecule has 0 aromatic heterocycles. The fourth-order valence-corrected chi connectivity index (χ4v) is 2.94. The number of halogens is 1. The van der Waals surface area contributed by atoms with Gasteiger partial charge < -0.3 is 15.0 Å². The highest BCUT2D eigenvalue weighted by Gasteiger charge is 2.34. The van der Waals surface area contributed by atoms with Crippen molar-refractivity contribution in [2.75, 3.05) is 19.0 Å². The van der Waals surface area contributed by atoms with E-state index in [2.05, 4.69) is 10.6 Å². The average molecular weight is 372 g/mol. The number of rotatable bonds is 7. The van der Waals surface area contributed by atoms with Gasteiger partial charge in [0.25, 0.3) is 5.91 Å². The van der Waals surface area contributed by atoms with Gasteiger partial charge in [0.05, 0.1) is 18.8 Å². The number of para-hydroxylation sites is 1. The maximum atomic E-state index is 13.6. The van der Waals surface area contributed by atoms with Crippen molar-refractivity contribution in [1.82, 2.24) is 5.32 Å². The highest BCUT2D eigenvalue weighted by Crippen LogP contribution is 2.16. The lowest BCUT2D eigenvalue weighted by Gasteiger charge is -2.19. The lowest BCUT2D eigenvalue weighted by Crippen LogP contribution is -3.13. The third-order valence-corrected chi connectivity index (χ3v) is 4.51. The molecule has 0 bridgehead atoms. The zero-order chi connectivity index (χ0) is 19.2. The molecule has 2 aromatic rings. The Labute approximate surface area is 157 Å². The Bertz CT molecular complexity index is 806. The molecule has 3 amide bonds. The number of hydrogen-bond donors (Lipinski definition) is 3. The van der Waals surface area contributed by atoms with Crippen molar-refractivity contribution in [3.63, 3.8) is 0 Å². The normalized spacial score (nSPS) is 14.3. The van der Waals surface area contributed by atoms with Crippen LogP contribution in [0.1, 0.15) is 18.4 Å². The lowest BCUT2D eigenvalue weighted by atomic mass is 10.2. The molecular weight excluding hydrogens is 349 g/mol. The molecule has 6 nitrogen and oxygen atoms in total. The fraction of sp³-hybridized carbons (Fsp3) is 0.300. The van der Waals surface area contributed by atoms with Gasteiger partial charge in [-0.05, 0) is 36.4 Å². The van der Waals surface area contributed by atoms with Crippen LogP contribution in [-0.2, 0) is 11.3 Å². The van der Waals surface area contributed by atoms with E-state index >= 15 is 0 Å². The van der Waals surface area contributed by atoms with Crippen LogP contribution in [0.3, 0.4) is 0 Å². The Kier molecular flexibility index (Phi) is 6.03. The van der Waals surface area contributed by atoms with Crippen LogP contribution in [0.25, 0.3) is 0 Å². The molecule has 0 saturated heterocycles. The molecule has 0 aliphatic heterocycles. The minimum atomic E-state index is -0.732. The van der Waals surface area contributed by atoms with Gasteiger partial charge in [-0.15, -0.1) is 0 Å². The molecule has 0 heterocycles. The second-order valence-electron chi connectivity index (χ2n) is 6.62. The summed E-state index contributed by atoms with van der Waals surface area (Å²) in [6.45, 7) is 0.873. The summed E-state index contributed by atoms with van der Waals surface area (Å²) in [6, 6.07) is 13.2. The predicted molar refractivity (Wildman–Crippen MR) is 99.1 cm³/mol. The third-order valence-electron chi connectivity index (χ3n) is 4.51. The molecule has 2 aromatic carbocycles. The van der Waals surface area contributed by atoms with E-state index in [9.17, 15) is 14.0 Å². The number of hydrogen-bond acceptors (Lipinski definition) is 3. The average Bonchev–Trinajstić information content (AvgIpc) is 3.49. The number of methoxy groups -OCH3 is 1. The smallest absolute Gasteiger partial charge is 0.326 e. The van der Waals surface area contributed by atoms with Gasteiger partial charge in [-0.3, -0.25) is 10.1 Å². The van der Waals surface area contributed by atoms with Crippen LogP contribution in [0.4, 0.5) is 14.9 Å². The van der Waals surface area contributed by atoms with Crippen LogP contribution in [0.15, 0.2) is 48.5 Å². The molecule has 1 fully saturated rings. The first kappa shape index (κ1) is 18.8. The van der Waals surface area contributed by atoms with Crippen LogP contribution >= 0.6 is 0 Å². The number of carbonyl (C=O) groups excluding carboxylic acids is 2. The Morgan fingerprint density at radius 3 is 2.48 bits per heavy atom. The first-order chi connectivity index (χ1) is 13.0. The van der Waals surface area contributed by atoms with E-state index in [1.165, 1.54) is 18.2 Å². The van der Waals surface area contributed by atoms with Gasteiger partial charge in [-0.25, -0.2) is 9.18 Å². The minimum absolute atomic E-state index is 0.0347. The van der Waals surface area contributed by atoms with Gasteiger partial charge in [0, 0.05) is 18.4 Å². The SMILES string of the molecule is COc1ccc(C[NH+](CC(=O)NC(=O)Nc2ccccc2F)C2CC2)cc1. The summed E-state index contributed by atoms with van der Waals surface area (Å²) in [5.74, 6) is -0.154. The van der Waals surface area contributed by atoms with Crippen LogP contribution < -0.4 is 20.3 Å². The van der Waals surface area contributed by atoms with E-state index in [0.29, 0.717) is 12.6 Å². The largest absolute Gasteiger partial charge is 0.497 e. The number of nitrogens with one attached hydrogen (secondary N) is 3. The molecular formula is C20H23FN3O3+. The number of carbonyl (C=O) groups is 2. The standard InChI is InChI=1S/C20H22FN3O3/c1-27-16-10-6-14(7-11-16)12-24(15-8-9-15)13-19(25)23-20(26)22-18-5-3-2-4-17(18)21/h2-7,10-11,15H,8-9,12-13H2,1H3,(H2,22,23,25,26)/p+1. The highest BCUT2D eigenvalue weighted by molar-refractivity contribution is 6.01. The molecule has 142 valence electrons. The van der Waals surface area contributed by atoms with Crippen molar-refractivity contribution >= 4 is 17.6 Å². The number of urea groups is 1. The van der Waals surface area contributed by atoms with E-state index in [1.54, 1.807) is 13.2 Å². The Hall–Kier alpha value is -2.93. The molecule has 1 aliphatic carbocycles. The van der Waals surface area contributed by atoms with Crippen molar-refractivity contribution < 1.29 is 23.6 Å². The maximum Gasteiger partial charge on any atom is 0.326 e. The Morgan fingerprint density at radius 2 is 1.85 bits per heavy atom. The van der Waals surface area contributed by atoms with Gasteiger partial charge in [-0.1, -0.05) is 12.1 Å². The van der Waals surface area contributed by atoms with Crippen molar-refractivity contribution in [1.29, 1.82) is 0 Å². The Balaban J connectivity index is 1.53. The first-order valence-electron chi connectivity index (χ1n) is 8.88. The van der Waals surface area contributed by atoms with Crippen molar-refractivity contribution in [3.05, 3.63) is 59.9 Å². The number of ether oxygens (including phenoxy) is 1. The lowest BCUT2D eigenvalue weighted by molar-refractivity contribution is -0.917. The molecule has 1 aliphatic rings. The van der Waals surface area contributed by atoms with Gasteiger partial charge in [0.2, 0.25) is 0 Å². The summed E-state index contributed by atoms with van der Waals surface area (Å²) in [4.78, 5) is 25.3. The van der Waals surface area contributed by atoms with Crippen LogP contribution in [-0.4, -0.2) is 31.6 Å². The number of anilines is 1. The third kappa shape index (κ3) is 5.52. The first-order valence-corrected chi connectivity index (χ1v) is 8.88. The van der Waals surface area contributed by atoms with Gasteiger partial charge >= 0.3 is 6.03 Å². The molecule has 1 atom stereocenters. The predicted octanol–water partition coefficient (Wildman–Crippen LogP) is 1.73. The fourth-order valence-electron chi connectivity index (χ4n) is 2.94. The number of imide groups is 1. The Morgan fingerprint density at radius 1 is 1.15 bits per heavy atom. The van der Waals surface area contributed by atoms with Gasteiger partial charge in [0.15, 0.2) is 6.54 Å². The number of amides is 3. The van der Waals surface area contributed by atoms with Crippen LogP contribution in [0.5, 0.6) is 5.75 Å². The summed E-state index contributed by atoms with van der Waals surface area (Å²) in [5.41, 5.74) is 1.13. The molecule has 3 rings (SSSR count). The number of benzene rings is 2. The quantitative estimate of drug-likeness (QED) is 0.693. The van der Waals surface area contributed by atoms with E-state index in [4.69, 9.17) is 4.74 Å². The molecule has 1 saturated carbocycles. The molecule has 27 heavy (non-hydrogen) atoms. The second-order valence-corrected chi connectivity index (χ2v) is 6.62. The monoisotopic (exact) mass is 372 g/mol. The molecule has 0 radical (unpaired) electrons. The molecule has 1 unspecified atom stereocenters. The topological polar surface area (TPSA) is 71.9 Å². The summed E-state index contributed by atoms with van der Waals surface area (Å²) < 4.78 is 18.7. The second kappa shape index (κ2) is 8.64. The summed E-state index contributed by atoms with van der Waals surface area (Å²) in [7, 11) is 1.62. The van der Waals surface area contributed by atoms with Crippen molar-refractivity contribution in [2.45, 2.75) is 25.4 Å². The van der Waals surface area contributed by atoms with E-state index < -0.39 is 11.8 Å². The summed E-state index contributed by atoms with van der Waals surface area (Å²) in [6.07, 6.45) is 2.14. The zero-order valence-electron chi connectivity index (χ0n) is 15.1. The highest BCUT2D eigenvalue weighted by atomic mass is 19.1. The summed E-state index contributed by atoms with van der Waals surface area (Å²) in [5, 5.41) is 4.63. The van der Waals surface area contributed by atoms with E-state index in [1.807, 2.05) is 24.3 Å². The van der Waals surface area contributed by atoms with E-state index in [0.717, 1.165) is 29.1 Å². The molecule has 0 spiro atoms. The zero-order valence-corrected chi connectivity index (χ0v) is 15.1. The minimum Gasteiger partial charge on any atom is -0.497 e. The summed E-state index contributed by atoms with van der Waals surface area (Å²) >= 11 is 0. The van der Waals surface area contributed by atoms with Crippen molar-refractivity contribution in [3.8, 4) is 5.75 Å². The van der Waals surface area contributed by atoms with Crippen LogP contribution in [0.2, 0.25) is 0 Å². The molecule has 3 N–H and O–H groups in total. The maximum absolute atomic E-state index is 13.6. The molecule has 7 heteroatoms. The van der Waals surface area contributed by atoms with Gasteiger partial charge in [0.1, 0.15) is 18.1 Å². The van der Waals surface area contributed by atoms with Crippen LogP contribution in [0, 0.1) is 5.82 Å². The van der Waals surface area contributed by atoms with Gasteiger partial charge in [-0.2, -0.15) is 0 Å².